The molecule has 108 valence electrons. The van der Waals surface area contributed by atoms with Crippen molar-refractivity contribution < 1.29 is 8.42 Å². The number of alkyl halides is 1. The van der Waals surface area contributed by atoms with Gasteiger partial charge in [-0.25, -0.2) is 13.1 Å². The van der Waals surface area contributed by atoms with E-state index in [-0.39, 0.29) is 10.9 Å². The fraction of sp³-hybridized carbons (Fsp3) is 0.357. The second-order valence-corrected chi connectivity index (χ2v) is 8.14. The number of nitrogens with zero attached hydrogens (tertiary/aromatic N) is 1. The smallest absolute Gasteiger partial charge is 0.241 e. The fourth-order valence-electron chi connectivity index (χ4n) is 2.19. The summed E-state index contributed by atoms with van der Waals surface area (Å²) in [5, 5.41) is 1.51. The number of pyridine rings is 1. The van der Waals surface area contributed by atoms with E-state index >= 15 is 0 Å². The Morgan fingerprint density at radius 2 is 2.05 bits per heavy atom. The lowest BCUT2D eigenvalue weighted by atomic mass is 10.2. The van der Waals surface area contributed by atoms with Gasteiger partial charge in [-0.3, -0.25) is 4.98 Å². The number of halogens is 1. The lowest BCUT2D eigenvalue weighted by Crippen LogP contribution is -2.34. The summed E-state index contributed by atoms with van der Waals surface area (Å²) in [6, 6.07) is 6.80. The molecule has 1 aromatic carbocycles. The van der Waals surface area contributed by atoms with Crippen LogP contribution < -0.4 is 4.72 Å². The topological polar surface area (TPSA) is 59.1 Å². The number of fused-ring (bicyclic) bond motifs is 1. The van der Waals surface area contributed by atoms with Crippen molar-refractivity contribution in [3.05, 3.63) is 36.7 Å². The van der Waals surface area contributed by atoms with E-state index in [0.29, 0.717) is 10.3 Å². The van der Waals surface area contributed by atoms with Gasteiger partial charge in [0.2, 0.25) is 10.0 Å². The second kappa shape index (κ2) is 6.20. The summed E-state index contributed by atoms with van der Waals surface area (Å²) in [5.41, 5.74) is 0. The first-order valence-electron chi connectivity index (χ1n) is 6.39. The molecule has 0 saturated carbocycles. The molecule has 0 aliphatic rings. The summed E-state index contributed by atoms with van der Waals surface area (Å²) in [6.45, 7) is 3.86. The molecule has 1 N–H and O–H groups in total. The highest BCUT2D eigenvalue weighted by Gasteiger charge is 2.20. The maximum absolute atomic E-state index is 12.5. The van der Waals surface area contributed by atoms with E-state index in [0.717, 1.165) is 11.8 Å². The summed E-state index contributed by atoms with van der Waals surface area (Å²) in [5.74, 6) is 0. The van der Waals surface area contributed by atoms with Crippen molar-refractivity contribution in [2.75, 3.05) is 0 Å². The van der Waals surface area contributed by atoms with E-state index in [1.54, 1.807) is 30.6 Å². The molecule has 0 fully saturated rings. The van der Waals surface area contributed by atoms with Gasteiger partial charge in [0.25, 0.3) is 0 Å². The van der Waals surface area contributed by atoms with Crippen LogP contribution in [0.2, 0.25) is 0 Å². The number of aromatic nitrogens is 1. The van der Waals surface area contributed by atoms with E-state index in [4.69, 9.17) is 0 Å². The summed E-state index contributed by atoms with van der Waals surface area (Å²) in [6.07, 6.45) is 4.00. The molecule has 2 aromatic rings. The average molecular weight is 357 g/mol. The number of hydrogen-bond donors (Lipinski definition) is 1. The molecule has 0 bridgehead atoms. The Labute approximate surface area is 127 Å². The first-order valence-corrected chi connectivity index (χ1v) is 8.79. The number of benzene rings is 1. The number of sulfonamides is 1. The minimum absolute atomic E-state index is 0.133. The predicted molar refractivity (Wildman–Crippen MR) is 84.5 cm³/mol. The van der Waals surface area contributed by atoms with Gasteiger partial charge in [0.1, 0.15) is 0 Å². The fourth-order valence-corrected chi connectivity index (χ4v) is 4.24. The van der Waals surface area contributed by atoms with Gasteiger partial charge in [0.05, 0.1) is 4.90 Å². The quantitative estimate of drug-likeness (QED) is 0.837. The van der Waals surface area contributed by atoms with Gasteiger partial charge in [-0.1, -0.05) is 35.0 Å². The van der Waals surface area contributed by atoms with Crippen molar-refractivity contribution in [2.45, 2.75) is 36.0 Å². The van der Waals surface area contributed by atoms with E-state index in [2.05, 4.69) is 25.6 Å². The first-order chi connectivity index (χ1) is 9.40. The third-order valence-electron chi connectivity index (χ3n) is 2.96. The van der Waals surface area contributed by atoms with Gasteiger partial charge in [0, 0.05) is 34.0 Å². The zero-order valence-corrected chi connectivity index (χ0v) is 13.8. The van der Waals surface area contributed by atoms with Gasteiger partial charge in [-0.15, -0.1) is 0 Å². The third kappa shape index (κ3) is 3.56. The summed E-state index contributed by atoms with van der Waals surface area (Å²) in [4.78, 5) is 4.57. The molecule has 0 aliphatic carbocycles. The highest BCUT2D eigenvalue weighted by molar-refractivity contribution is 9.09. The summed E-state index contributed by atoms with van der Waals surface area (Å²) in [7, 11) is -3.53. The van der Waals surface area contributed by atoms with Crippen LogP contribution in [0, 0.1) is 0 Å². The molecule has 20 heavy (non-hydrogen) atoms. The zero-order chi connectivity index (χ0) is 14.8. The molecule has 0 saturated heterocycles. The standard InChI is InChI=1S/C14H17BrN2O2S/c1-10(15)8-11(2)17-20(18,19)14-5-3-4-12-9-16-7-6-13(12)14/h3-7,9-11,17H,8H2,1-2H3. The maximum atomic E-state index is 12.5. The number of nitrogens with one attached hydrogen (secondary N) is 1. The van der Waals surface area contributed by atoms with E-state index in [1.165, 1.54) is 0 Å². The van der Waals surface area contributed by atoms with Crippen molar-refractivity contribution in [1.29, 1.82) is 0 Å². The Bertz CT molecular complexity index is 696. The maximum Gasteiger partial charge on any atom is 0.241 e. The lowest BCUT2D eigenvalue weighted by molar-refractivity contribution is 0.548. The monoisotopic (exact) mass is 356 g/mol. The van der Waals surface area contributed by atoms with Crippen LogP contribution in [0.25, 0.3) is 10.8 Å². The Balaban J connectivity index is 2.37. The van der Waals surface area contributed by atoms with E-state index < -0.39 is 10.0 Å². The highest BCUT2D eigenvalue weighted by Crippen LogP contribution is 2.22. The molecule has 2 atom stereocenters. The minimum atomic E-state index is -3.53. The minimum Gasteiger partial charge on any atom is -0.264 e. The molecule has 2 unspecified atom stereocenters. The molecule has 0 radical (unpaired) electrons. The van der Waals surface area contributed by atoms with Crippen LogP contribution in [-0.4, -0.2) is 24.3 Å². The molecule has 2 rings (SSSR count). The van der Waals surface area contributed by atoms with Gasteiger partial charge in [0.15, 0.2) is 0 Å². The van der Waals surface area contributed by atoms with Crippen LogP contribution >= 0.6 is 15.9 Å². The molecule has 0 spiro atoms. The SMILES string of the molecule is CC(Br)CC(C)NS(=O)(=O)c1cccc2cnccc12. The van der Waals surface area contributed by atoms with Gasteiger partial charge in [-0.2, -0.15) is 0 Å². The van der Waals surface area contributed by atoms with Crippen molar-refractivity contribution in [3.8, 4) is 0 Å². The van der Waals surface area contributed by atoms with Crippen LogP contribution in [0.1, 0.15) is 20.3 Å². The number of hydrogen-bond acceptors (Lipinski definition) is 3. The van der Waals surface area contributed by atoms with E-state index in [9.17, 15) is 8.42 Å². The van der Waals surface area contributed by atoms with E-state index in [1.807, 2.05) is 19.9 Å². The molecule has 0 aliphatic heterocycles. The van der Waals surface area contributed by atoms with Crippen molar-refractivity contribution >= 4 is 36.7 Å². The van der Waals surface area contributed by atoms with Crippen LogP contribution in [0.3, 0.4) is 0 Å². The van der Waals surface area contributed by atoms with Gasteiger partial charge >= 0.3 is 0 Å². The largest absolute Gasteiger partial charge is 0.264 e. The lowest BCUT2D eigenvalue weighted by Gasteiger charge is -2.16. The highest BCUT2D eigenvalue weighted by atomic mass is 79.9. The second-order valence-electron chi connectivity index (χ2n) is 4.89. The Kier molecular flexibility index (Phi) is 4.78. The number of rotatable bonds is 5. The van der Waals surface area contributed by atoms with Crippen molar-refractivity contribution in [3.63, 3.8) is 0 Å². The third-order valence-corrected chi connectivity index (χ3v) is 4.99. The van der Waals surface area contributed by atoms with Crippen LogP contribution in [0.5, 0.6) is 0 Å². The van der Waals surface area contributed by atoms with Crippen molar-refractivity contribution in [1.82, 2.24) is 9.71 Å². The van der Waals surface area contributed by atoms with Crippen molar-refractivity contribution in [2.24, 2.45) is 0 Å². The molecular weight excluding hydrogens is 340 g/mol. The normalized spacial score (nSPS) is 15.2. The van der Waals surface area contributed by atoms with Crippen LogP contribution in [0.4, 0.5) is 0 Å². The summed E-state index contributed by atoms with van der Waals surface area (Å²) < 4.78 is 27.7. The van der Waals surface area contributed by atoms with Gasteiger partial charge in [-0.05, 0) is 25.5 Å². The zero-order valence-electron chi connectivity index (χ0n) is 11.4. The Morgan fingerprint density at radius 1 is 1.30 bits per heavy atom. The summed E-state index contributed by atoms with van der Waals surface area (Å²) >= 11 is 3.44. The molecule has 1 heterocycles. The van der Waals surface area contributed by atoms with Crippen LogP contribution in [-0.2, 0) is 10.0 Å². The first kappa shape index (κ1) is 15.4. The molecule has 1 aromatic heterocycles. The molecule has 4 nitrogen and oxygen atoms in total. The molecule has 6 heteroatoms. The van der Waals surface area contributed by atoms with Crippen LogP contribution in [0.15, 0.2) is 41.6 Å². The molecular formula is C14H17BrN2O2S. The Morgan fingerprint density at radius 3 is 2.75 bits per heavy atom. The van der Waals surface area contributed by atoms with Gasteiger partial charge < -0.3 is 0 Å². The average Bonchev–Trinajstić information content (AvgIpc) is 2.36. The molecule has 0 amide bonds. The Hall–Kier alpha value is -0.980. The predicted octanol–water partition coefficient (Wildman–Crippen LogP) is 3.08.